The Balaban J connectivity index is 2.51. The van der Waals surface area contributed by atoms with Gasteiger partial charge in [-0.25, -0.2) is 9.59 Å². The number of rotatable bonds is 6. The first-order valence-electron chi connectivity index (χ1n) is 7.75. The van der Waals surface area contributed by atoms with Crippen molar-refractivity contribution in [2.24, 2.45) is 11.8 Å². The highest BCUT2D eigenvalue weighted by Gasteiger charge is 2.27. The zero-order valence-corrected chi connectivity index (χ0v) is 12.8. The van der Waals surface area contributed by atoms with Gasteiger partial charge in [-0.05, 0) is 31.1 Å². The van der Waals surface area contributed by atoms with Crippen molar-refractivity contribution in [3.05, 3.63) is 0 Å². The van der Waals surface area contributed by atoms with E-state index in [0.717, 1.165) is 19.3 Å². The molecule has 2 unspecified atom stereocenters. The van der Waals surface area contributed by atoms with Crippen molar-refractivity contribution in [3.8, 4) is 0 Å². The van der Waals surface area contributed by atoms with E-state index in [1.54, 1.807) is 13.8 Å². The average molecular weight is 284 g/mol. The molecule has 1 aliphatic rings. The van der Waals surface area contributed by atoms with Gasteiger partial charge in [0.2, 0.25) is 0 Å². The number of hydrogen-bond donors (Lipinski definition) is 3. The molecule has 0 aromatic heterocycles. The summed E-state index contributed by atoms with van der Waals surface area (Å²) in [5.41, 5.74) is 0. The summed E-state index contributed by atoms with van der Waals surface area (Å²) in [6.45, 7) is 5.64. The Morgan fingerprint density at radius 2 is 1.75 bits per heavy atom. The number of hydrogen-bond acceptors (Lipinski definition) is 2. The number of carbonyl (C=O) groups excluding carboxylic acids is 1. The van der Waals surface area contributed by atoms with E-state index in [-0.39, 0.29) is 18.0 Å². The van der Waals surface area contributed by atoms with Gasteiger partial charge in [-0.2, -0.15) is 0 Å². The Morgan fingerprint density at radius 1 is 1.15 bits per heavy atom. The van der Waals surface area contributed by atoms with E-state index in [1.165, 1.54) is 19.3 Å². The molecule has 1 aliphatic carbocycles. The van der Waals surface area contributed by atoms with Gasteiger partial charge in [-0.3, -0.25) is 0 Å². The summed E-state index contributed by atoms with van der Waals surface area (Å²) in [5.74, 6) is -0.587. The highest BCUT2D eigenvalue weighted by Crippen LogP contribution is 2.27. The van der Waals surface area contributed by atoms with Gasteiger partial charge in [0, 0.05) is 6.04 Å². The first kappa shape index (κ1) is 16.8. The number of carbonyl (C=O) groups is 2. The molecule has 0 aromatic carbocycles. The molecule has 20 heavy (non-hydrogen) atoms. The molecule has 0 heterocycles. The Hall–Kier alpha value is -1.26. The fraction of sp³-hybridized carbons (Fsp3) is 0.867. The van der Waals surface area contributed by atoms with Gasteiger partial charge in [-0.1, -0.05) is 40.0 Å². The van der Waals surface area contributed by atoms with Gasteiger partial charge in [0.25, 0.3) is 0 Å². The van der Waals surface area contributed by atoms with Gasteiger partial charge < -0.3 is 15.7 Å². The quantitative estimate of drug-likeness (QED) is 0.701. The second-order valence-corrected chi connectivity index (χ2v) is 6.09. The molecule has 0 saturated heterocycles. The minimum atomic E-state index is -0.985. The summed E-state index contributed by atoms with van der Waals surface area (Å²) in [5, 5.41) is 14.6. The molecular weight excluding hydrogens is 256 g/mol. The third-order valence-electron chi connectivity index (χ3n) is 4.19. The second kappa shape index (κ2) is 8.12. The lowest BCUT2D eigenvalue weighted by Crippen LogP contribution is -2.52. The molecule has 2 amide bonds. The molecule has 1 saturated carbocycles. The van der Waals surface area contributed by atoms with Crippen molar-refractivity contribution in [2.45, 2.75) is 71.4 Å². The molecule has 0 bridgehead atoms. The largest absolute Gasteiger partial charge is 0.480 e. The maximum atomic E-state index is 12.0. The van der Waals surface area contributed by atoms with Crippen LogP contribution in [0.1, 0.15) is 59.3 Å². The van der Waals surface area contributed by atoms with Crippen LogP contribution in [0.5, 0.6) is 0 Å². The molecule has 5 heteroatoms. The first-order valence-corrected chi connectivity index (χ1v) is 7.75. The maximum Gasteiger partial charge on any atom is 0.326 e. The van der Waals surface area contributed by atoms with Crippen LogP contribution in [0, 0.1) is 11.8 Å². The molecule has 0 aromatic rings. The monoisotopic (exact) mass is 284 g/mol. The number of aliphatic carboxylic acids is 1. The number of urea groups is 1. The molecule has 3 N–H and O–H groups in total. The van der Waals surface area contributed by atoms with E-state index in [1.807, 2.05) is 0 Å². The molecular formula is C15H28N2O3. The molecule has 5 nitrogen and oxygen atoms in total. The number of amides is 2. The average Bonchev–Trinajstić information content (AvgIpc) is 2.42. The van der Waals surface area contributed by atoms with Crippen molar-refractivity contribution in [1.29, 1.82) is 0 Å². The lowest BCUT2D eigenvalue weighted by molar-refractivity contribution is -0.140. The van der Waals surface area contributed by atoms with E-state index in [4.69, 9.17) is 5.11 Å². The van der Waals surface area contributed by atoms with Crippen LogP contribution >= 0.6 is 0 Å². The highest BCUT2D eigenvalue weighted by atomic mass is 16.4. The van der Waals surface area contributed by atoms with Crippen LogP contribution in [-0.2, 0) is 4.79 Å². The van der Waals surface area contributed by atoms with E-state index < -0.39 is 12.0 Å². The Bertz CT molecular complexity index is 325. The van der Waals surface area contributed by atoms with E-state index >= 15 is 0 Å². The molecule has 0 spiro atoms. The summed E-state index contributed by atoms with van der Waals surface area (Å²) >= 11 is 0. The molecule has 116 valence electrons. The number of carboxylic acids is 1. The zero-order chi connectivity index (χ0) is 15.1. The predicted molar refractivity (Wildman–Crippen MR) is 78.6 cm³/mol. The van der Waals surface area contributed by atoms with Gasteiger partial charge in [-0.15, -0.1) is 0 Å². The fourth-order valence-corrected chi connectivity index (χ4v) is 2.95. The van der Waals surface area contributed by atoms with Gasteiger partial charge >= 0.3 is 12.0 Å². The lowest BCUT2D eigenvalue weighted by atomic mass is 9.83. The van der Waals surface area contributed by atoms with Crippen molar-refractivity contribution >= 4 is 12.0 Å². The summed E-state index contributed by atoms with van der Waals surface area (Å²) in [4.78, 5) is 23.1. The van der Waals surface area contributed by atoms with Crippen molar-refractivity contribution in [3.63, 3.8) is 0 Å². The van der Waals surface area contributed by atoms with Gasteiger partial charge in [0.15, 0.2) is 0 Å². The zero-order valence-electron chi connectivity index (χ0n) is 12.8. The van der Waals surface area contributed by atoms with Crippen LogP contribution in [0.4, 0.5) is 4.79 Å². The molecule has 1 fully saturated rings. The standard InChI is InChI=1S/C15H28N2O3/c1-4-12(11-8-6-5-7-9-11)16-15(20)17-13(10(2)3)14(18)19/h10-13H,4-9H2,1-3H3,(H,18,19)(H2,16,17,20). The first-order chi connectivity index (χ1) is 9.45. The molecule has 0 aliphatic heterocycles. The Morgan fingerprint density at radius 3 is 2.20 bits per heavy atom. The van der Waals surface area contributed by atoms with Crippen molar-refractivity contribution in [1.82, 2.24) is 10.6 Å². The fourth-order valence-electron chi connectivity index (χ4n) is 2.95. The third kappa shape index (κ3) is 5.02. The Kier molecular flexibility index (Phi) is 6.82. The van der Waals surface area contributed by atoms with E-state index in [2.05, 4.69) is 17.6 Å². The smallest absolute Gasteiger partial charge is 0.326 e. The van der Waals surface area contributed by atoms with Gasteiger partial charge in [0.05, 0.1) is 0 Å². The second-order valence-electron chi connectivity index (χ2n) is 6.09. The van der Waals surface area contributed by atoms with Gasteiger partial charge in [0.1, 0.15) is 6.04 Å². The normalized spacial score (nSPS) is 19.4. The summed E-state index contributed by atoms with van der Waals surface area (Å²) in [6.07, 6.45) is 6.95. The Labute approximate surface area is 121 Å². The van der Waals surface area contributed by atoms with Crippen molar-refractivity contribution in [2.75, 3.05) is 0 Å². The topological polar surface area (TPSA) is 78.4 Å². The van der Waals surface area contributed by atoms with E-state index in [9.17, 15) is 9.59 Å². The minimum Gasteiger partial charge on any atom is -0.480 e. The SMILES string of the molecule is CCC(NC(=O)NC(C(=O)O)C(C)C)C1CCCCC1. The van der Waals surface area contributed by atoms with Crippen LogP contribution in [-0.4, -0.2) is 29.2 Å². The maximum absolute atomic E-state index is 12.0. The summed E-state index contributed by atoms with van der Waals surface area (Å²) < 4.78 is 0. The minimum absolute atomic E-state index is 0.131. The lowest BCUT2D eigenvalue weighted by Gasteiger charge is -2.31. The van der Waals surface area contributed by atoms with Crippen LogP contribution in [0.3, 0.4) is 0 Å². The number of nitrogens with one attached hydrogen (secondary N) is 2. The summed E-state index contributed by atoms with van der Waals surface area (Å²) in [7, 11) is 0. The highest BCUT2D eigenvalue weighted by molar-refractivity contribution is 5.82. The van der Waals surface area contributed by atoms with Crippen LogP contribution < -0.4 is 10.6 Å². The third-order valence-corrected chi connectivity index (χ3v) is 4.19. The summed E-state index contributed by atoms with van der Waals surface area (Å²) in [6, 6.07) is -1.04. The van der Waals surface area contributed by atoms with Crippen LogP contribution in [0.25, 0.3) is 0 Å². The molecule has 2 atom stereocenters. The van der Waals surface area contributed by atoms with E-state index in [0.29, 0.717) is 5.92 Å². The predicted octanol–water partition coefficient (Wildman–Crippen LogP) is 2.75. The molecule has 1 rings (SSSR count). The molecule has 0 radical (unpaired) electrons. The van der Waals surface area contributed by atoms with Crippen LogP contribution in [0.15, 0.2) is 0 Å². The van der Waals surface area contributed by atoms with Crippen LogP contribution in [0.2, 0.25) is 0 Å². The van der Waals surface area contributed by atoms with Crippen molar-refractivity contribution < 1.29 is 14.7 Å². The number of carboxylic acid groups (broad SMARTS) is 1.